The van der Waals surface area contributed by atoms with Crippen molar-refractivity contribution in [2.45, 2.75) is 57.5 Å². The van der Waals surface area contributed by atoms with Crippen LogP contribution in [0.5, 0.6) is 0 Å². The Hall–Kier alpha value is -2.30. The van der Waals surface area contributed by atoms with Gasteiger partial charge in [-0.2, -0.15) is 0 Å². The van der Waals surface area contributed by atoms with Crippen molar-refractivity contribution < 1.29 is 4.79 Å². The fourth-order valence-corrected chi connectivity index (χ4v) is 4.58. The van der Waals surface area contributed by atoms with Gasteiger partial charge in [0, 0.05) is 30.7 Å². The van der Waals surface area contributed by atoms with Crippen LogP contribution in [0.15, 0.2) is 43.0 Å². The van der Waals surface area contributed by atoms with Crippen molar-refractivity contribution in [3.05, 3.63) is 48.5 Å². The van der Waals surface area contributed by atoms with E-state index in [0.29, 0.717) is 12.0 Å². The first-order valence-corrected chi connectivity index (χ1v) is 9.88. The van der Waals surface area contributed by atoms with Gasteiger partial charge in [0.15, 0.2) is 0 Å². The lowest BCUT2D eigenvalue weighted by atomic mass is 9.96. The predicted molar refractivity (Wildman–Crippen MR) is 102 cm³/mol. The van der Waals surface area contributed by atoms with Crippen molar-refractivity contribution in [2.24, 2.45) is 5.92 Å². The molecule has 2 fully saturated rings. The van der Waals surface area contributed by atoms with Crippen molar-refractivity contribution in [1.29, 1.82) is 0 Å². The number of aromatic nitrogens is 2. The van der Waals surface area contributed by atoms with Crippen molar-refractivity contribution in [3.63, 3.8) is 0 Å². The SMILES string of the molecule is CC(NC(=O)N1CCCC1C1CCCC1)c1ccc(-n2ccnc2)cc1. The third-order valence-electron chi connectivity index (χ3n) is 6.04. The predicted octanol–water partition coefficient (Wildman–Crippen LogP) is 4.30. The summed E-state index contributed by atoms with van der Waals surface area (Å²) in [7, 11) is 0. The van der Waals surface area contributed by atoms with Gasteiger partial charge < -0.3 is 14.8 Å². The lowest BCUT2D eigenvalue weighted by Gasteiger charge is -2.30. The van der Waals surface area contributed by atoms with E-state index in [9.17, 15) is 4.79 Å². The highest BCUT2D eigenvalue weighted by Crippen LogP contribution is 2.35. The molecule has 26 heavy (non-hydrogen) atoms. The number of carbonyl (C=O) groups excluding carboxylic acids is 1. The molecular formula is C21H28N4O. The number of benzene rings is 1. The normalized spacial score (nSPS) is 21.9. The van der Waals surface area contributed by atoms with Crippen LogP contribution in [0, 0.1) is 5.92 Å². The number of hydrogen-bond donors (Lipinski definition) is 1. The Balaban J connectivity index is 1.39. The van der Waals surface area contributed by atoms with Crippen LogP contribution in [0.2, 0.25) is 0 Å². The number of imidazole rings is 1. The fourth-order valence-electron chi connectivity index (χ4n) is 4.58. The molecule has 2 heterocycles. The largest absolute Gasteiger partial charge is 0.331 e. The summed E-state index contributed by atoms with van der Waals surface area (Å²) in [6.07, 6.45) is 13.0. The van der Waals surface area contributed by atoms with Gasteiger partial charge in [0.2, 0.25) is 0 Å². The average molecular weight is 352 g/mol. The molecule has 1 aliphatic heterocycles. The van der Waals surface area contributed by atoms with E-state index >= 15 is 0 Å². The molecule has 1 saturated carbocycles. The van der Waals surface area contributed by atoms with Gasteiger partial charge in [-0.25, -0.2) is 9.78 Å². The first-order chi connectivity index (χ1) is 12.7. The number of carbonyl (C=O) groups is 1. The molecule has 4 rings (SSSR count). The Morgan fingerprint density at radius 3 is 2.62 bits per heavy atom. The van der Waals surface area contributed by atoms with Crippen LogP contribution in [0.25, 0.3) is 5.69 Å². The number of hydrogen-bond acceptors (Lipinski definition) is 2. The Bertz CT molecular complexity index is 719. The zero-order valence-corrected chi connectivity index (χ0v) is 15.5. The van der Waals surface area contributed by atoms with E-state index in [1.54, 1.807) is 12.5 Å². The molecule has 1 aromatic carbocycles. The number of amides is 2. The third kappa shape index (κ3) is 3.48. The monoisotopic (exact) mass is 352 g/mol. The van der Waals surface area contributed by atoms with Crippen LogP contribution >= 0.6 is 0 Å². The quantitative estimate of drug-likeness (QED) is 0.892. The minimum atomic E-state index is 0.00386. The van der Waals surface area contributed by atoms with Gasteiger partial charge >= 0.3 is 6.03 Å². The molecule has 5 nitrogen and oxygen atoms in total. The van der Waals surface area contributed by atoms with Crippen LogP contribution in [0.1, 0.15) is 57.1 Å². The van der Waals surface area contributed by atoms with E-state index in [2.05, 4.69) is 46.4 Å². The summed E-state index contributed by atoms with van der Waals surface area (Å²) in [4.78, 5) is 19.0. The standard InChI is InChI=1S/C21H28N4O/c1-16(17-8-10-19(11-9-17)24-14-12-22-15-24)23-21(26)25-13-4-7-20(25)18-5-2-3-6-18/h8-12,14-16,18,20H,2-7,13H2,1H3,(H,23,26). The topological polar surface area (TPSA) is 50.2 Å². The molecule has 2 unspecified atom stereocenters. The number of urea groups is 1. The molecule has 1 N–H and O–H groups in total. The molecule has 2 aromatic rings. The summed E-state index contributed by atoms with van der Waals surface area (Å²) in [5.74, 6) is 0.716. The highest BCUT2D eigenvalue weighted by molar-refractivity contribution is 5.75. The van der Waals surface area contributed by atoms with E-state index in [1.807, 2.05) is 10.8 Å². The molecule has 1 saturated heterocycles. The van der Waals surface area contributed by atoms with Crippen molar-refractivity contribution in [2.75, 3.05) is 6.54 Å². The second kappa shape index (κ2) is 7.52. The number of rotatable bonds is 4. The van der Waals surface area contributed by atoms with Crippen molar-refractivity contribution >= 4 is 6.03 Å². The van der Waals surface area contributed by atoms with Gasteiger partial charge in [-0.15, -0.1) is 0 Å². The minimum Gasteiger partial charge on any atom is -0.331 e. The summed E-state index contributed by atoms with van der Waals surface area (Å²) in [6.45, 7) is 2.96. The van der Waals surface area contributed by atoms with Gasteiger partial charge in [-0.1, -0.05) is 25.0 Å². The summed E-state index contributed by atoms with van der Waals surface area (Å²) in [5.41, 5.74) is 2.20. The maximum atomic E-state index is 12.9. The third-order valence-corrected chi connectivity index (χ3v) is 6.04. The highest BCUT2D eigenvalue weighted by Gasteiger charge is 2.36. The van der Waals surface area contributed by atoms with Gasteiger partial charge in [0.25, 0.3) is 0 Å². The first kappa shape index (κ1) is 17.1. The second-order valence-corrected chi connectivity index (χ2v) is 7.68. The van der Waals surface area contributed by atoms with Gasteiger partial charge in [0.1, 0.15) is 0 Å². The van der Waals surface area contributed by atoms with E-state index in [0.717, 1.165) is 24.2 Å². The Kier molecular flexibility index (Phi) is 4.96. The van der Waals surface area contributed by atoms with E-state index in [1.165, 1.54) is 32.1 Å². The van der Waals surface area contributed by atoms with Gasteiger partial charge in [-0.3, -0.25) is 0 Å². The Morgan fingerprint density at radius 2 is 1.92 bits per heavy atom. The molecular weight excluding hydrogens is 324 g/mol. The smallest absolute Gasteiger partial charge is 0.318 e. The van der Waals surface area contributed by atoms with Gasteiger partial charge in [-0.05, 0) is 56.2 Å². The molecule has 138 valence electrons. The van der Waals surface area contributed by atoms with Crippen LogP contribution in [-0.4, -0.2) is 33.1 Å². The number of nitrogens with one attached hydrogen (secondary N) is 1. The second-order valence-electron chi connectivity index (χ2n) is 7.68. The van der Waals surface area contributed by atoms with E-state index in [4.69, 9.17) is 0 Å². The van der Waals surface area contributed by atoms with Crippen molar-refractivity contribution in [1.82, 2.24) is 19.8 Å². The molecule has 2 aliphatic rings. The zero-order valence-electron chi connectivity index (χ0n) is 15.5. The Morgan fingerprint density at radius 1 is 1.15 bits per heavy atom. The molecule has 5 heteroatoms. The van der Waals surface area contributed by atoms with Crippen molar-refractivity contribution in [3.8, 4) is 5.69 Å². The van der Waals surface area contributed by atoms with E-state index in [-0.39, 0.29) is 12.1 Å². The first-order valence-electron chi connectivity index (χ1n) is 9.88. The van der Waals surface area contributed by atoms with Crippen LogP contribution in [0.3, 0.4) is 0 Å². The molecule has 1 aliphatic carbocycles. The highest BCUT2D eigenvalue weighted by atomic mass is 16.2. The van der Waals surface area contributed by atoms with E-state index < -0.39 is 0 Å². The number of likely N-dealkylation sites (tertiary alicyclic amines) is 1. The molecule has 2 amide bonds. The zero-order chi connectivity index (χ0) is 17.9. The lowest BCUT2D eigenvalue weighted by Crippen LogP contribution is -2.45. The molecule has 2 atom stereocenters. The summed E-state index contributed by atoms with van der Waals surface area (Å²) >= 11 is 0. The maximum Gasteiger partial charge on any atom is 0.318 e. The summed E-state index contributed by atoms with van der Waals surface area (Å²) < 4.78 is 1.98. The average Bonchev–Trinajstić information content (AvgIpc) is 3.43. The summed E-state index contributed by atoms with van der Waals surface area (Å²) in [5, 5.41) is 3.21. The maximum absolute atomic E-state index is 12.9. The minimum absolute atomic E-state index is 0.00386. The van der Waals surface area contributed by atoms with Crippen LogP contribution < -0.4 is 5.32 Å². The molecule has 0 spiro atoms. The molecule has 0 radical (unpaired) electrons. The Labute approximate surface area is 155 Å². The molecule has 1 aromatic heterocycles. The van der Waals surface area contributed by atoms with Gasteiger partial charge in [0.05, 0.1) is 12.4 Å². The molecule has 0 bridgehead atoms. The van der Waals surface area contributed by atoms with Crippen LogP contribution in [-0.2, 0) is 0 Å². The summed E-state index contributed by atoms with van der Waals surface area (Å²) in [6, 6.07) is 8.86. The van der Waals surface area contributed by atoms with Crippen LogP contribution in [0.4, 0.5) is 4.79 Å². The lowest BCUT2D eigenvalue weighted by molar-refractivity contribution is 0.170. The number of nitrogens with zero attached hydrogens (tertiary/aromatic N) is 3. The fraction of sp³-hybridized carbons (Fsp3) is 0.524.